The number of amides is 1. The second kappa shape index (κ2) is 11.2. The molecule has 3 rings (SSSR count). The standard InChI is InChI=1S/C22H20BrF2N3O3.ClH/c1-13-17(9-10-26)20(31-12-15-7-8-16(24)11-18(15)25)19(23)22(30)28(13)27-21(29)14-5-3-2-4-6-14;/h2-8,11H,9-10,12,26H2,1H3,(H,27,29);1H. The van der Waals surface area contributed by atoms with Crippen LogP contribution in [-0.4, -0.2) is 17.1 Å². The van der Waals surface area contributed by atoms with Crippen LogP contribution < -0.4 is 21.5 Å². The van der Waals surface area contributed by atoms with Crippen molar-refractivity contribution in [3.8, 4) is 5.75 Å². The Morgan fingerprint density at radius 2 is 1.88 bits per heavy atom. The summed E-state index contributed by atoms with van der Waals surface area (Å²) in [4.78, 5) is 25.5. The summed E-state index contributed by atoms with van der Waals surface area (Å²) in [6.07, 6.45) is 0.340. The number of carbonyl (C=O) groups excluding carboxylic acids is 1. The largest absolute Gasteiger partial charge is 0.487 e. The Morgan fingerprint density at radius 1 is 1.19 bits per heavy atom. The van der Waals surface area contributed by atoms with Gasteiger partial charge in [-0.15, -0.1) is 12.4 Å². The Bertz CT molecular complexity index is 1170. The molecule has 0 aliphatic heterocycles. The highest BCUT2D eigenvalue weighted by Crippen LogP contribution is 2.30. The molecule has 6 nitrogen and oxygen atoms in total. The van der Waals surface area contributed by atoms with E-state index in [0.717, 1.165) is 16.8 Å². The zero-order valence-corrected chi connectivity index (χ0v) is 19.4. The lowest BCUT2D eigenvalue weighted by molar-refractivity contribution is 0.101. The highest BCUT2D eigenvalue weighted by Gasteiger charge is 2.21. The van der Waals surface area contributed by atoms with Gasteiger partial charge >= 0.3 is 0 Å². The van der Waals surface area contributed by atoms with Crippen LogP contribution in [0.1, 0.15) is 27.2 Å². The number of benzene rings is 2. The van der Waals surface area contributed by atoms with Gasteiger partial charge in [0.25, 0.3) is 11.5 Å². The van der Waals surface area contributed by atoms with E-state index in [1.807, 2.05) is 0 Å². The highest BCUT2D eigenvalue weighted by atomic mass is 79.9. The normalized spacial score (nSPS) is 10.4. The number of rotatable bonds is 7. The smallest absolute Gasteiger partial charge is 0.287 e. The van der Waals surface area contributed by atoms with Gasteiger partial charge < -0.3 is 10.5 Å². The summed E-state index contributed by atoms with van der Waals surface area (Å²) >= 11 is 3.23. The molecule has 0 atom stereocenters. The molecule has 1 aromatic heterocycles. The third-order valence-corrected chi connectivity index (χ3v) is 5.37. The van der Waals surface area contributed by atoms with E-state index in [0.29, 0.717) is 23.2 Å². The van der Waals surface area contributed by atoms with Gasteiger partial charge in [0, 0.05) is 28.5 Å². The summed E-state index contributed by atoms with van der Waals surface area (Å²) in [6.45, 7) is 1.68. The third kappa shape index (κ3) is 5.53. The van der Waals surface area contributed by atoms with Crippen molar-refractivity contribution in [2.75, 3.05) is 12.0 Å². The minimum absolute atomic E-state index is 0. The Balaban J connectivity index is 0.00000363. The minimum Gasteiger partial charge on any atom is -0.487 e. The fourth-order valence-electron chi connectivity index (χ4n) is 3.05. The van der Waals surface area contributed by atoms with E-state index >= 15 is 0 Å². The fourth-order valence-corrected chi connectivity index (χ4v) is 3.58. The first-order valence-corrected chi connectivity index (χ1v) is 10.2. The molecular weight excluding hydrogens is 508 g/mol. The summed E-state index contributed by atoms with van der Waals surface area (Å²) in [6, 6.07) is 11.6. The van der Waals surface area contributed by atoms with Gasteiger partial charge in [0.1, 0.15) is 28.5 Å². The maximum absolute atomic E-state index is 14.0. The van der Waals surface area contributed by atoms with Crippen LogP contribution in [-0.2, 0) is 13.0 Å². The average Bonchev–Trinajstić information content (AvgIpc) is 2.76. The topological polar surface area (TPSA) is 86.3 Å². The molecule has 32 heavy (non-hydrogen) atoms. The molecule has 3 N–H and O–H groups in total. The number of nitrogens with zero attached hydrogens (tertiary/aromatic N) is 1. The minimum atomic E-state index is -0.753. The monoisotopic (exact) mass is 527 g/mol. The molecule has 0 saturated carbocycles. The number of nitrogens with two attached hydrogens (primary N) is 1. The second-order valence-electron chi connectivity index (χ2n) is 6.72. The fraction of sp³-hybridized carbons (Fsp3) is 0.182. The predicted octanol–water partition coefficient (Wildman–Crippen LogP) is 4.08. The van der Waals surface area contributed by atoms with E-state index in [9.17, 15) is 18.4 Å². The van der Waals surface area contributed by atoms with Gasteiger partial charge in [-0.05, 0) is 60.1 Å². The molecule has 0 fully saturated rings. The molecule has 10 heteroatoms. The Morgan fingerprint density at radius 3 is 2.50 bits per heavy atom. The van der Waals surface area contributed by atoms with Crippen molar-refractivity contribution in [3.05, 3.63) is 97.4 Å². The number of ether oxygens (including phenoxy) is 1. The lowest BCUT2D eigenvalue weighted by Crippen LogP contribution is -2.36. The Hall–Kier alpha value is -2.75. The van der Waals surface area contributed by atoms with Gasteiger partial charge in [0.05, 0.1) is 0 Å². The van der Waals surface area contributed by atoms with Gasteiger partial charge in [0.2, 0.25) is 0 Å². The molecule has 0 aliphatic rings. The molecule has 0 bridgehead atoms. The molecule has 0 radical (unpaired) electrons. The molecule has 2 aromatic carbocycles. The molecule has 170 valence electrons. The van der Waals surface area contributed by atoms with Crippen LogP contribution >= 0.6 is 28.3 Å². The van der Waals surface area contributed by atoms with Crippen molar-refractivity contribution in [2.24, 2.45) is 5.73 Å². The maximum atomic E-state index is 14.0. The van der Waals surface area contributed by atoms with E-state index < -0.39 is 23.1 Å². The second-order valence-corrected chi connectivity index (χ2v) is 7.51. The van der Waals surface area contributed by atoms with Crippen LogP contribution in [0.3, 0.4) is 0 Å². The van der Waals surface area contributed by atoms with Gasteiger partial charge in [-0.1, -0.05) is 18.2 Å². The van der Waals surface area contributed by atoms with E-state index in [-0.39, 0.29) is 41.3 Å². The van der Waals surface area contributed by atoms with E-state index in [2.05, 4.69) is 21.4 Å². The van der Waals surface area contributed by atoms with Gasteiger partial charge in [-0.2, -0.15) is 0 Å². The van der Waals surface area contributed by atoms with Gasteiger partial charge in [0.15, 0.2) is 0 Å². The number of halogens is 4. The van der Waals surface area contributed by atoms with Crippen LogP contribution in [0.15, 0.2) is 57.8 Å². The first-order chi connectivity index (χ1) is 14.8. The molecule has 3 aromatic rings. The van der Waals surface area contributed by atoms with Crippen LogP contribution in [0.25, 0.3) is 0 Å². The molecule has 0 aliphatic carbocycles. The molecule has 1 amide bonds. The van der Waals surface area contributed by atoms with Crippen molar-refractivity contribution in [2.45, 2.75) is 20.0 Å². The van der Waals surface area contributed by atoms with Crippen LogP contribution in [0, 0.1) is 18.6 Å². The average molecular weight is 529 g/mol. The summed E-state index contributed by atoms with van der Waals surface area (Å²) in [5.41, 5.74) is 9.28. The zero-order valence-electron chi connectivity index (χ0n) is 17.0. The Kier molecular flexibility index (Phi) is 8.94. The van der Waals surface area contributed by atoms with E-state index in [4.69, 9.17) is 10.5 Å². The van der Waals surface area contributed by atoms with Gasteiger partial charge in [-0.25, -0.2) is 13.5 Å². The lowest BCUT2D eigenvalue weighted by Gasteiger charge is -2.20. The molecule has 0 saturated heterocycles. The van der Waals surface area contributed by atoms with Crippen molar-refractivity contribution in [3.63, 3.8) is 0 Å². The van der Waals surface area contributed by atoms with Crippen molar-refractivity contribution in [1.29, 1.82) is 0 Å². The third-order valence-electron chi connectivity index (χ3n) is 4.67. The van der Waals surface area contributed by atoms with Crippen molar-refractivity contribution >= 4 is 34.2 Å². The van der Waals surface area contributed by atoms with Crippen LogP contribution in [0.2, 0.25) is 0 Å². The summed E-state index contributed by atoms with van der Waals surface area (Å²) in [5.74, 6) is -1.71. The summed E-state index contributed by atoms with van der Waals surface area (Å²) < 4.78 is 34.0. The summed E-state index contributed by atoms with van der Waals surface area (Å²) in [5, 5.41) is 0. The molecule has 0 unspecified atom stereocenters. The molecule has 1 heterocycles. The van der Waals surface area contributed by atoms with Gasteiger partial charge in [-0.3, -0.25) is 15.0 Å². The number of hydrogen-bond acceptors (Lipinski definition) is 4. The predicted molar refractivity (Wildman–Crippen MR) is 124 cm³/mol. The summed E-state index contributed by atoms with van der Waals surface area (Å²) in [7, 11) is 0. The SMILES string of the molecule is Cc1c(CCN)c(OCc2ccc(F)cc2F)c(Br)c(=O)n1NC(=O)c1ccccc1.Cl. The first kappa shape index (κ1) is 25.5. The molecule has 0 spiro atoms. The number of hydrogen-bond donors (Lipinski definition) is 2. The number of aromatic nitrogens is 1. The number of nitrogens with one attached hydrogen (secondary N) is 1. The number of carbonyl (C=O) groups is 1. The van der Waals surface area contributed by atoms with Crippen molar-refractivity contribution < 1.29 is 18.3 Å². The van der Waals surface area contributed by atoms with E-state index in [1.54, 1.807) is 37.3 Å². The zero-order chi connectivity index (χ0) is 22.5. The highest BCUT2D eigenvalue weighted by molar-refractivity contribution is 9.10. The molecular formula is C22H21BrClF2N3O3. The first-order valence-electron chi connectivity index (χ1n) is 9.40. The van der Waals surface area contributed by atoms with E-state index in [1.165, 1.54) is 6.07 Å². The number of pyridine rings is 1. The lowest BCUT2D eigenvalue weighted by atomic mass is 10.1. The maximum Gasteiger partial charge on any atom is 0.287 e. The quantitative estimate of drug-likeness (QED) is 0.484. The van der Waals surface area contributed by atoms with Crippen LogP contribution in [0.4, 0.5) is 8.78 Å². The Labute approximate surface area is 197 Å². The van der Waals surface area contributed by atoms with Crippen LogP contribution in [0.5, 0.6) is 5.75 Å². The van der Waals surface area contributed by atoms with Crippen molar-refractivity contribution in [1.82, 2.24) is 4.68 Å².